The van der Waals surface area contributed by atoms with E-state index in [-0.39, 0.29) is 0 Å². The zero-order chi connectivity index (χ0) is 12.8. The van der Waals surface area contributed by atoms with E-state index in [1.165, 1.54) is 51.6 Å². The molecule has 0 spiro atoms. The van der Waals surface area contributed by atoms with Crippen LogP contribution in [0.4, 0.5) is 0 Å². The molecule has 1 saturated carbocycles. The average molecular weight is 252 g/mol. The second kappa shape index (κ2) is 6.98. The average Bonchev–Trinajstić information content (AvgIpc) is 2.27. The summed E-state index contributed by atoms with van der Waals surface area (Å²) in [5.74, 6) is 2.28. The molecular weight excluding hydrogens is 224 g/mol. The van der Waals surface area contributed by atoms with Crippen LogP contribution >= 0.6 is 0 Å². The minimum atomic E-state index is 0.645. The maximum Gasteiger partial charge on any atom is 0.188 e. The fourth-order valence-corrected chi connectivity index (χ4v) is 2.87. The molecule has 2 rings (SSSR count). The lowest BCUT2D eigenvalue weighted by atomic mass is 9.86. The molecule has 1 atom stereocenters. The maximum atomic E-state index is 5.87. The molecule has 1 aliphatic heterocycles. The molecule has 0 bridgehead atoms. The van der Waals surface area contributed by atoms with Crippen LogP contribution in [0.1, 0.15) is 38.5 Å². The Bertz CT molecular complexity index is 273. The summed E-state index contributed by atoms with van der Waals surface area (Å²) < 4.78 is 0. The first-order chi connectivity index (χ1) is 8.74. The number of aliphatic imine (C=N–C) groups is 1. The van der Waals surface area contributed by atoms with E-state index in [2.05, 4.69) is 22.3 Å². The summed E-state index contributed by atoms with van der Waals surface area (Å²) in [5, 5.41) is 3.26. The van der Waals surface area contributed by atoms with Gasteiger partial charge in [-0.25, -0.2) is 0 Å². The lowest BCUT2D eigenvalue weighted by Gasteiger charge is -2.29. The largest absolute Gasteiger partial charge is 0.370 e. The molecule has 0 aromatic rings. The van der Waals surface area contributed by atoms with Gasteiger partial charge in [0, 0.05) is 19.6 Å². The summed E-state index contributed by atoms with van der Waals surface area (Å²) in [6, 6.07) is 0. The molecule has 1 saturated heterocycles. The van der Waals surface area contributed by atoms with Crippen LogP contribution in [0.2, 0.25) is 0 Å². The highest BCUT2D eigenvalue weighted by Crippen LogP contribution is 2.26. The summed E-state index contributed by atoms with van der Waals surface area (Å²) in [6.45, 7) is 4.39. The molecule has 18 heavy (non-hydrogen) atoms. The van der Waals surface area contributed by atoms with Gasteiger partial charge < -0.3 is 16.0 Å². The molecule has 1 aliphatic carbocycles. The number of nitrogens with zero attached hydrogens (tertiary/aromatic N) is 2. The molecule has 1 unspecified atom stereocenters. The van der Waals surface area contributed by atoms with Crippen LogP contribution in [0.5, 0.6) is 0 Å². The summed E-state index contributed by atoms with van der Waals surface area (Å²) in [4.78, 5) is 6.85. The van der Waals surface area contributed by atoms with Crippen LogP contribution in [-0.4, -0.2) is 44.1 Å². The van der Waals surface area contributed by atoms with Crippen molar-refractivity contribution < 1.29 is 0 Å². The van der Waals surface area contributed by atoms with Crippen LogP contribution in [0.3, 0.4) is 0 Å². The third kappa shape index (κ3) is 4.48. The third-order valence-electron chi connectivity index (χ3n) is 4.33. The Morgan fingerprint density at radius 2 is 2.06 bits per heavy atom. The highest BCUT2D eigenvalue weighted by atomic mass is 15.1. The van der Waals surface area contributed by atoms with Crippen LogP contribution in [0.25, 0.3) is 0 Å². The van der Waals surface area contributed by atoms with E-state index >= 15 is 0 Å². The number of hydrogen-bond acceptors (Lipinski definition) is 2. The van der Waals surface area contributed by atoms with Crippen molar-refractivity contribution in [2.24, 2.45) is 22.6 Å². The van der Waals surface area contributed by atoms with Gasteiger partial charge in [-0.15, -0.1) is 0 Å². The molecule has 4 nitrogen and oxygen atoms in total. The van der Waals surface area contributed by atoms with Crippen LogP contribution in [-0.2, 0) is 0 Å². The fourth-order valence-electron chi connectivity index (χ4n) is 2.87. The Kier molecular flexibility index (Phi) is 5.29. The van der Waals surface area contributed by atoms with Crippen molar-refractivity contribution in [3.05, 3.63) is 0 Å². The summed E-state index contributed by atoms with van der Waals surface area (Å²) in [6.07, 6.45) is 7.97. The summed E-state index contributed by atoms with van der Waals surface area (Å²) in [7, 11) is 2.22. The molecule has 1 heterocycles. The fraction of sp³-hybridized carbons (Fsp3) is 0.929. The number of guanidine groups is 1. The lowest BCUT2D eigenvalue weighted by molar-refractivity contribution is 0.203. The van der Waals surface area contributed by atoms with Crippen molar-refractivity contribution in [3.8, 4) is 0 Å². The van der Waals surface area contributed by atoms with E-state index in [1.807, 2.05) is 0 Å². The lowest BCUT2D eigenvalue weighted by Crippen LogP contribution is -2.37. The maximum absolute atomic E-state index is 5.87. The first kappa shape index (κ1) is 13.7. The van der Waals surface area contributed by atoms with Gasteiger partial charge in [0.25, 0.3) is 0 Å². The monoisotopic (exact) mass is 252 g/mol. The zero-order valence-electron chi connectivity index (χ0n) is 11.7. The van der Waals surface area contributed by atoms with E-state index in [1.54, 1.807) is 0 Å². The molecule has 0 aromatic carbocycles. The van der Waals surface area contributed by atoms with E-state index in [0.717, 1.165) is 24.9 Å². The Morgan fingerprint density at radius 3 is 2.72 bits per heavy atom. The van der Waals surface area contributed by atoms with Gasteiger partial charge in [0.1, 0.15) is 0 Å². The molecule has 2 aliphatic rings. The van der Waals surface area contributed by atoms with Crippen molar-refractivity contribution in [1.82, 2.24) is 10.2 Å². The van der Waals surface area contributed by atoms with E-state index < -0.39 is 0 Å². The van der Waals surface area contributed by atoms with Crippen molar-refractivity contribution in [1.29, 1.82) is 0 Å². The minimum absolute atomic E-state index is 0.645. The van der Waals surface area contributed by atoms with E-state index in [0.29, 0.717) is 5.96 Å². The molecular formula is C14H28N4. The number of nitrogens with one attached hydrogen (secondary N) is 1. The van der Waals surface area contributed by atoms with Gasteiger partial charge in [-0.3, -0.25) is 4.99 Å². The molecule has 104 valence electrons. The first-order valence-electron chi connectivity index (χ1n) is 7.46. The SMILES string of the molecule is CN1CCCC(CCNC(N)=NCC2CCC2)C1. The third-order valence-corrected chi connectivity index (χ3v) is 4.33. The Morgan fingerprint density at radius 1 is 1.28 bits per heavy atom. The van der Waals surface area contributed by atoms with Gasteiger partial charge in [0.05, 0.1) is 0 Å². The first-order valence-corrected chi connectivity index (χ1v) is 7.46. The minimum Gasteiger partial charge on any atom is -0.370 e. The number of likely N-dealkylation sites (tertiary alicyclic amines) is 1. The predicted octanol–water partition coefficient (Wildman–Crippen LogP) is 1.42. The number of piperidine rings is 1. The second-order valence-electron chi connectivity index (χ2n) is 6.01. The van der Waals surface area contributed by atoms with Crippen molar-refractivity contribution >= 4 is 5.96 Å². The number of nitrogens with two attached hydrogens (primary N) is 1. The van der Waals surface area contributed by atoms with E-state index in [9.17, 15) is 0 Å². The van der Waals surface area contributed by atoms with Gasteiger partial charge in [0.15, 0.2) is 5.96 Å². The standard InChI is InChI=1S/C14H28N4/c1-18-9-3-6-13(11-18)7-8-16-14(15)17-10-12-4-2-5-12/h12-13H,2-11H2,1H3,(H3,15,16,17). The number of rotatable bonds is 5. The van der Waals surface area contributed by atoms with Gasteiger partial charge in [-0.1, -0.05) is 6.42 Å². The van der Waals surface area contributed by atoms with Crippen LogP contribution in [0, 0.1) is 11.8 Å². The van der Waals surface area contributed by atoms with Crippen molar-refractivity contribution in [2.45, 2.75) is 38.5 Å². The Labute approximate surface area is 111 Å². The predicted molar refractivity (Wildman–Crippen MR) is 76.7 cm³/mol. The Hall–Kier alpha value is -0.770. The van der Waals surface area contributed by atoms with Crippen LogP contribution < -0.4 is 11.1 Å². The highest BCUT2D eigenvalue weighted by Gasteiger charge is 2.17. The van der Waals surface area contributed by atoms with Gasteiger partial charge in [-0.2, -0.15) is 0 Å². The summed E-state index contributed by atoms with van der Waals surface area (Å²) in [5.41, 5.74) is 5.87. The highest BCUT2D eigenvalue weighted by molar-refractivity contribution is 5.77. The topological polar surface area (TPSA) is 53.6 Å². The van der Waals surface area contributed by atoms with Crippen LogP contribution in [0.15, 0.2) is 4.99 Å². The molecule has 3 N–H and O–H groups in total. The number of hydrogen-bond donors (Lipinski definition) is 2. The smallest absolute Gasteiger partial charge is 0.188 e. The molecule has 0 radical (unpaired) electrons. The molecule has 0 amide bonds. The van der Waals surface area contributed by atoms with Crippen molar-refractivity contribution in [3.63, 3.8) is 0 Å². The van der Waals surface area contributed by atoms with Crippen molar-refractivity contribution in [2.75, 3.05) is 33.2 Å². The normalized spacial score (nSPS) is 26.9. The zero-order valence-corrected chi connectivity index (χ0v) is 11.7. The molecule has 0 aromatic heterocycles. The molecule has 4 heteroatoms. The summed E-state index contributed by atoms with van der Waals surface area (Å²) >= 11 is 0. The van der Waals surface area contributed by atoms with Gasteiger partial charge in [0.2, 0.25) is 0 Å². The van der Waals surface area contributed by atoms with Gasteiger partial charge >= 0.3 is 0 Å². The quantitative estimate of drug-likeness (QED) is 0.575. The second-order valence-corrected chi connectivity index (χ2v) is 6.01. The Balaban J connectivity index is 1.56. The molecule has 2 fully saturated rings. The van der Waals surface area contributed by atoms with Gasteiger partial charge in [-0.05, 0) is 57.5 Å². The van der Waals surface area contributed by atoms with E-state index in [4.69, 9.17) is 5.73 Å².